The zero-order valence-corrected chi connectivity index (χ0v) is 21.4. The van der Waals surface area contributed by atoms with E-state index < -0.39 is 0 Å². The molecule has 0 spiro atoms. The Kier molecular flexibility index (Phi) is 6.34. The number of rotatable bonds is 2. The van der Waals surface area contributed by atoms with E-state index in [0.717, 1.165) is 38.5 Å². The molecule has 4 aromatic carbocycles. The number of hydrogen-bond donors (Lipinski definition) is 2. The predicted octanol–water partition coefficient (Wildman–Crippen LogP) is 7.79. The Balaban J connectivity index is 0.000000142. The number of fused-ring (bicyclic) bond motifs is 3. The first-order chi connectivity index (χ1) is 19.1. The van der Waals surface area contributed by atoms with Gasteiger partial charge in [-0.15, -0.1) is 0 Å². The van der Waals surface area contributed by atoms with Crippen molar-refractivity contribution >= 4 is 49.9 Å². The maximum absolute atomic E-state index is 9.21. The molecule has 0 saturated carbocycles. The number of nitrogen functional groups attached to an aromatic ring is 1. The third-order valence-electron chi connectivity index (χ3n) is 6.63. The molecule has 6 nitrogen and oxygen atoms in total. The van der Waals surface area contributed by atoms with E-state index in [4.69, 9.17) is 17.3 Å². The first kappa shape index (κ1) is 24.1. The summed E-state index contributed by atoms with van der Waals surface area (Å²) in [4.78, 5) is 8.32. The molecule has 3 heterocycles. The van der Waals surface area contributed by atoms with Crippen molar-refractivity contribution in [1.82, 2.24) is 20.2 Å². The molecule has 0 aliphatic carbocycles. The Hall–Kier alpha value is -5.25. The van der Waals surface area contributed by atoms with Gasteiger partial charge in [0.05, 0.1) is 27.7 Å². The average Bonchev–Trinajstić information content (AvgIpc) is 3.37. The van der Waals surface area contributed by atoms with Crippen LogP contribution >= 0.6 is 11.6 Å². The second kappa shape index (κ2) is 10.3. The predicted molar refractivity (Wildman–Crippen MR) is 158 cm³/mol. The number of aromatic amines is 1. The van der Waals surface area contributed by atoms with E-state index in [1.54, 1.807) is 12.4 Å². The standard InChI is InChI=1S/C16H9ClN2.C16H12N4/c17-16-10-19-9-15(14(16)8-18)13-6-5-11-3-1-2-4-12(11)7-13;17-16-15-13(8-18-9-14(15)19-20-16)12-6-5-10-3-1-2-4-11(10)7-12/h1-7,9-10H;1-9H,(H3,17,19,20). The molecule has 39 heavy (non-hydrogen) atoms. The number of aromatic nitrogens is 4. The van der Waals surface area contributed by atoms with Gasteiger partial charge in [-0.25, -0.2) is 0 Å². The van der Waals surface area contributed by atoms with Crippen molar-refractivity contribution in [1.29, 1.82) is 5.26 Å². The van der Waals surface area contributed by atoms with E-state index in [1.165, 1.54) is 22.4 Å². The van der Waals surface area contributed by atoms with E-state index in [-0.39, 0.29) is 0 Å². The van der Waals surface area contributed by atoms with E-state index in [1.807, 2.05) is 54.7 Å². The number of H-pyrrole nitrogens is 1. The normalized spacial score (nSPS) is 10.8. The van der Waals surface area contributed by atoms with Crippen LogP contribution in [0.2, 0.25) is 5.02 Å². The summed E-state index contributed by atoms with van der Waals surface area (Å²) in [6, 6.07) is 30.9. The van der Waals surface area contributed by atoms with Gasteiger partial charge < -0.3 is 5.73 Å². The number of halogens is 1. The van der Waals surface area contributed by atoms with E-state index in [9.17, 15) is 5.26 Å². The number of nitrogens with two attached hydrogens (primary N) is 1. The van der Waals surface area contributed by atoms with Crippen LogP contribution in [-0.2, 0) is 0 Å². The number of nitriles is 1. The summed E-state index contributed by atoms with van der Waals surface area (Å²) in [5.41, 5.74) is 11.1. The van der Waals surface area contributed by atoms with Crippen LogP contribution in [0.15, 0.2) is 110 Å². The topological polar surface area (TPSA) is 104 Å². The highest BCUT2D eigenvalue weighted by Gasteiger charge is 2.11. The van der Waals surface area contributed by atoms with Gasteiger partial charge in [0.25, 0.3) is 0 Å². The fourth-order valence-corrected chi connectivity index (χ4v) is 4.90. The molecule has 7 aromatic rings. The molecule has 0 aliphatic rings. The summed E-state index contributed by atoms with van der Waals surface area (Å²) in [6.07, 6.45) is 6.74. The number of anilines is 1. The highest BCUT2D eigenvalue weighted by atomic mass is 35.5. The molecule has 0 amide bonds. The Labute approximate surface area is 229 Å². The maximum Gasteiger partial charge on any atom is 0.153 e. The van der Waals surface area contributed by atoms with Gasteiger partial charge in [0.15, 0.2) is 5.82 Å². The van der Waals surface area contributed by atoms with Crippen LogP contribution in [0.25, 0.3) is 54.7 Å². The van der Waals surface area contributed by atoms with Crippen LogP contribution < -0.4 is 5.73 Å². The Morgan fingerprint density at radius 3 is 1.90 bits per heavy atom. The lowest BCUT2D eigenvalue weighted by Crippen LogP contribution is -1.88. The molecule has 0 fully saturated rings. The van der Waals surface area contributed by atoms with Crippen LogP contribution in [0.3, 0.4) is 0 Å². The summed E-state index contributed by atoms with van der Waals surface area (Å²) in [5.74, 6) is 0.505. The van der Waals surface area contributed by atoms with Gasteiger partial charge in [0.1, 0.15) is 6.07 Å². The summed E-state index contributed by atoms with van der Waals surface area (Å²) in [6.45, 7) is 0. The molecule has 186 valence electrons. The maximum atomic E-state index is 9.21. The molecule has 3 aromatic heterocycles. The van der Waals surface area contributed by atoms with Crippen LogP contribution in [0.5, 0.6) is 0 Å². The van der Waals surface area contributed by atoms with Crippen molar-refractivity contribution in [3.05, 3.63) is 120 Å². The smallest absolute Gasteiger partial charge is 0.153 e. The molecule has 7 heteroatoms. The molecule has 0 atom stereocenters. The molecular formula is C32H21ClN6. The SMILES string of the molecule is N#Cc1c(Cl)cncc1-c1ccc2ccccc2c1.Nc1n[nH]c2cncc(-c3ccc4ccccc4c3)c12. The van der Waals surface area contributed by atoms with Gasteiger partial charge >= 0.3 is 0 Å². The van der Waals surface area contributed by atoms with E-state index in [0.29, 0.717) is 16.4 Å². The van der Waals surface area contributed by atoms with Crippen LogP contribution in [-0.4, -0.2) is 20.2 Å². The van der Waals surface area contributed by atoms with Gasteiger partial charge in [0, 0.05) is 29.7 Å². The van der Waals surface area contributed by atoms with Crippen molar-refractivity contribution in [2.24, 2.45) is 0 Å². The van der Waals surface area contributed by atoms with Gasteiger partial charge in [0.2, 0.25) is 0 Å². The summed E-state index contributed by atoms with van der Waals surface area (Å²) >= 11 is 6.01. The van der Waals surface area contributed by atoms with Crippen molar-refractivity contribution < 1.29 is 0 Å². The van der Waals surface area contributed by atoms with Gasteiger partial charge in [-0.3, -0.25) is 15.1 Å². The third-order valence-corrected chi connectivity index (χ3v) is 6.92. The zero-order valence-electron chi connectivity index (χ0n) is 20.6. The molecule has 0 saturated heterocycles. The Bertz CT molecular complexity index is 2020. The lowest BCUT2D eigenvalue weighted by atomic mass is 9.99. The molecule has 0 aliphatic heterocycles. The number of nitrogens with one attached hydrogen (secondary N) is 1. The minimum Gasteiger partial charge on any atom is -0.382 e. The van der Waals surface area contributed by atoms with Gasteiger partial charge in [-0.1, -0.05) is 84.4 Å². The number of hydrogen-bond acceptors (Lipinski definition) is 5. The quantitative estimate of drug-likeness (QED) is 0.240. The highest BCUT2D eigenvalue weighted by Crippen LogP contribution is 2.32. The van der Waals surface area contributed by atoms with Crippen molar-refractivity contribution in [3.8, 4) is 28.3 Å². The van der Waals surface area contributed by atoms with Gasteiger partial charge in [-0.05, 0) is 44.8 Å². The number of nitrogens with zero attached hydrogens (tertiary/aromatic N) is 4. The lowest BCUT2D eigenvalue weighted by Gasteiger charge is -2.06. The monoisotopic (exact) mass is 524 g/mol. The second-order valence-electron chi connectivity index (χ2n) is 9.00. The van der Waals surface area contributed by atoms with Gasteiger partial charge in [-0.2, -0.15) is 10.4 Å². The first-order valence-electron chi connectivity index (χ1n) is 12.2. The average molecular weight is 525 g/mol. The second-order valence-corrected chi connectivity index (χ2v) is 9.41. The highest BCUT2D eigenvalue weighted by molar-refractivity contribution is 6.32. The summed E-state index contributed by atoms with van der Waals surface area (Å²) < 4.78 is 0. The molecule has 3 N–H and O–H groups in total. The number of pyridine rings is 2. The van der Waals surface area contributed by atoms with Crippen molar-refractivity contribution in [2.45, 2.75) is 0 Å². The fraction of sp³-hybridized carbons (Fsp3) is 0. The fourth-order valence-electron chi connectivity index (χ4n) is 4.70. The van der Waals surface area contributed by atoms with E-state index in [2.05, 4.69) is 62.6 Å². The summed E-state index contributed by atoms with van der Waals surface area (Å²) in [5, 5.41) is 22.2. The third kappa shape index (κ3) is 4.63. The van der Waals surface area contributed by atoms with Crippen LogP contribution in [0.4, 0.5) is 5.82 Å². The van der Waals surface area contributed by atoms with Crippen LogP contribution in [0, 0.1) is 11.3 Å². The van der Waals surface area contributed by atoms with Crippen molar-refractivity contribution in [3.63, 3.8) is 0 Å². The van der Waals surface area contributed by atoms with E-state index >= 15 is 0 Å². The zero-order chi connectivity index (χ0) is 26.8. The number of benzene rings is 4. The van der Waals surface area contributed by atoms with Crippen molar-refractivity contribution in [2.75, 3.05) is 5.73 Å². The molecule has 0 unspecified atom stereocenters. The van der Waals surface area contributed by atoms with Crippen LogP contribution in [0.1, 0.15) is 5.56 Å². The largest absolute Gasteiger partial charge is 0.382 e. The minimum atomic E-state index is 0.383. The summed E-state index contributed by atoms with van der Waals surface area (Å²) in [7, 11) is 0. The Morgan fingerprint density at radius 2 is 1.26 bits per heavy atom. The molecule has 0 radical (unpaired) electrons. The minimum absolute atomic E-state index is 0.383. The lowest BCUT2D eigenvalue weighted by molar-refractivity contribution is 1.12. The first-order valence-corrected chi connectivity index (χ1v) is 12.6. The molecular weight excluding hydrogens is 504 g/mol. The molecule has 7 rings (SSSR count). The Morgan fingerprint density at radius 1 is 0.692 bits per heavy atom. The molecule has 0 bridgehead atoms.